The van der Waals surface area contributed by atoms with Gasteiger partial charge < -0.3 is 15.0 Å². The average Bonchev–Trinajstić information content (AvgIpc) is 3.00. The summed E-state index contributed by atoms with van der Waals surface area (Å²) < 4.78 is 32.9. The van der Waals surface area contributed by atoms with E-state index in [-0.39, 0.29) is 10.9 Å². The van der Waals surface area contributed by atoms with Crippen LogP contribution in [-0.4, -0.2) is 48.2 Å². The van der Waals surface area contributed by atoms with E-state index in [1.807, 2.05) is 40.7 Å². The molecule has 1 N–H and O–H groups in total. The van der Waals surface area contributed by atoms with E-state index in [9.17, 15) is 13.2 Å². The first kappa shape index (κ1) is 22.1. The van der Waals surface area contributed by atoms with Gasteiger partial charge in [0.05, 0.1) is 22.8 Å². The van der Waals surface area contributed by atoms with Crippen LogP contribution in [0.5, 0.6) is 0 Å². The van der Waals surface area contributed by atoms with Crippen LogP contribution in [0.15, 0.2) is 47.6 Å². The van der Waals surface area contributed by atoms with Crippen LogP contribution in [0.3, 0.4) is 0 Å². The molecule has 170 valence electrons. The van der Waals surface area contributed by atoms with Crippen molar-refractivity contribution in [2.45, 2.75) is 51.2 Å². The lowest BCUT2D eigenvalue weighted by Gasteiger charge is -2.41. The van der Waals surface area contributed by atoms with Gasteiger partial charge in [0, 0.05) is 24.7 Å². The molecule has 1 aromatic carbocycles. The van der Waals surface area contributed by atoms with Crippen molar-refractivity contribution in [2.75, 3.05) is 18.0 Å². The molecule has 3 aromatic rings. The summed E-state index contributed by atoms with van der Waals surface area (Å²) in [5.74, 6) is 0. The summed E-state index contributed by atoms with van der Waals surface area (Å²) in [6, 6.07) is 8.72. The van der Waals surface area contributed by atoms with Crippen LogP contribution in [-0.2, 0) is 14.8 Å². The summed E-state index contributed by atoms with van der Waals surface area (Å²) in [5.41, 5.74) is 2.57. The van der Waals surface area contributed by atoms with E-state index >= 15 is 0 Å². The van der Waals surface area contributed by atoms with Crippen LogP contribution in [0.25, 0.3) is 11.0 Å². The highest BCUT2D eigenvalue weighted by molar-refractivity contribution is 7.90. The third-order valence-electron chi connectivity index (χ3n) is 5.34. The summed E-state index contributed by atoms with van der Waals surface area (Å²) in [5, 5.41) is 3.64. The van der Waals surface area contributed by atoms with Gasteiger partial charge in [-0.1, -0.05) is 17.7 Å². The fourth-order valence-electron chi connectivity index (χ4n) is 3.65. The van der Waals surface area contributed by atoms with E-state index < -0.39 is 21.7 Å². The van der Waals surface area contributed by atoms with Crippen molar-refractivity contribution in [3.8, 4) is 0 Å². The van der Waals surface area contributed by atoms with Crippen LogP contribution in [0.4, 0.5) is 10.5 Å². The molecule has 32 heavy (non-hydrogen) atoms. The second-order valence-corrected chi connectivity index (χ2v) is 11.1. The number of carbonyl (C=O) groups is 1. The number of nitrogens with one attached hydrogen (secondary N) is 1. The lowest BCUT2D eigenvalue weighted by Crippen LogP contribution is -2.60. The van der Waals surface area contributed by atoms with Crippen LogP contribution in [0.1, 0.15) is 31.9 Å². The molecule has 0 spiro atoms. The Morgan fingerprint density at radius 2 is 1.81 bits per heavy atom. The van der Waals surface area contributed by atoms with Crippen LogP contribution >= 0.6 is 0 Å². The van der Waals surface area contributed by atoms with E-state index in [1.54, 1.807) is 36.7 Å². The van der Waals surface area contributed by atoms with Crippen molar-refractivity contribution >= 4 is 32.8 Å². The zero-order valence-electron chi connectivity index (χ0n) is 18.9. The number of nitrogens with zero attached hydrogens (tertiary/aromatic N) is 3. The molecule has 1 fully saturated rings. The molecule has 3 heterocycles. The van der Waals surface area contributed by atoms with Crippen LogP contribution in [0, 0.1) is 13.8 Å². The van der Waals surface area contributed by atoms with Gasteiger partial charge in [0.15, 0.2) is 5.65 Å². The molecule has 0 saturated carbocycles. The number of ether oxygens (including phenoxy) is 1. The number of benzene rings is 1. The number of anilines is 1. The van der Waals surface area contributed by atoms with Crippen molar-refractivity contribution in [3.63, 3.8) is 0 Å². The average molecular weight is 457 g/mol. The maximum atomic E-state index is 13.2. The Bertz CT molecular complexity index is 1270. The Balaban J connectivity index is 1.53. The summed E-state index contributed by atoms with van der Waals surface area (Å²) in [6.45, 7) is 10.5. The van der Waals surface area contributed by atoms with Gasteiger partial charge in [-0.15, -0.1) is 0 Å². The van der Waals surface area contributed by atoms with Crippen LogP contribution < -0.4 is 10.2 Å². The van der Waals surface area contributed by atoms with Gasteiger partial charge in [-0.2, -0.15) is 0 Å². The molecule has 0 atom stereocenters. The van der Waals surface area contributed by atoms with Gasteiger partial charge in [-0.25, -0.2) is 22.2 Å². The number of rotatable bonds is 4. The van der Waals surface area contributed by atoms with Gasteiger partial charge in [-0.3, -0.25) is 0 Å². The maximum Gasteiger partial charge on any atom is 0.407 e. The number of amides is 1. The third-order valence-corrected chi connectivity index (χ3v) is 7.01. The van der Waals surface area contributed by atoms with E-state index in [4.69, 9.17) is 4.74 Å². The van der Waals surface area contributed by atoms with Crippen molar-refractivity contribution in [1.82, 2.24) is 14.3 Å². The number of pyridine rings is 1. The maximum absolute atomic E-state index is 13.2. The second-order valence-electron chi connectivity index (χ2n) is 9.24. The Hall–Kier alpha value is -3.07. The molecule has 0 unspecified atom stereocenters. The summed E-state index contributed by atoms with van der Waals surface area (Å²) in [6.07, 6.45) is 2.86. The molecular weight excluding hydrogens is 428 g/mol. The molecule has 1 aliphatic rings. The predicted octanol–water partition coefficient (Wildman–Crippen LogP) is 3.60. The highest BCUT2D eigenvalue weighted by atomic mass is 32.2. The number of aromatic nitrogens is 2. The SMILES string of the molecule is Cc1ccc(S(=O)(=O)n2cc(C)c3cc(N4CC(NC(=O)OC(C)(C)C)C4)cnc32)cc1. The summed E-state index contributed by atoms with van der Waals surface area (Å²) >= 11 is 0. The molecule has 1 aliphatic heterocycles. The first-order valence-electron chi connectivity index (χ1n) is 10.5. The fourth-order valence-corrected chi connectivity index (χ4v) is 5.03. The van der Waals surface area contributed by atoms with E-state index in [0.29, 0.717) is 18.7 Å². The second kappa shape index (κ2) is 7.81. The molecular formula is C23H28N4O4S. The molecule has 0 aliphatic carbocycles. The van der Waals surface area contributed by atoms with E-state index in [2.05, 4.69) is 15.2 Å². The van der Waals surface area contributed by atoms with E-state index in [0.717, 1.165) is 22.2 Å². The van der Waals surface area contributed by atoms with Crippen molar-refractivity contribution in [2.24, 2.45) is 0 Å². The monoisotopic (exact) mass is 456 g/mol. The topological polar surface area (TPSA) is 93.5 Å². The quantitative estimate of drug-likeness (QED) is 0.645. The number of aryl methyl sites for hydroxylation is 2. The zero-order chi connectivity index (χ0) is 23.3. The van der Waals surface area contributed by atoms with Crippen molar-refractivity contribution in [3.05, 3.63) is 53.9 Å². The number of fused-ring (bicyclic) bond motifs is 1. The van der Waals surface area contributed by atoms with Gasteiger partial charge >= 0.3 is 6.09 Å². The number of carbonyl (C=O) groups excluding carboxylic acids is 1. The third kappa shape index (κ3) is 4.29. The normalized spacial score (nSPS) is 15.0. The smallest absolute Gasteiger partial charge is 0.407 e. The van der Waals surface area contributed by atoms with Crippen molar-refractivity contribution in [1.29, 1.82) is 0 Å². The summed E-state index contributed by atoms with van der Waals surface area (Å²) in [7, 11) is -3.74. The Kier molecular flexibility index (Phi) is 5.40. The minimum Gasteiger partial charge on any atom is -0.444 e. The highest BCUT2D eigenvalue weighted by Crippen LogP contribution is 2.29. The molecule has 1 saturated heterocycles. The van der Waals surface area contributed by atoms with Crippen LogP contribution in [0.2, 0.25) is 0 Å². The largest absolute Gasteiger partial charge is 0.444 e. The number of hydrogen-bond acceptors (Lipinski definition) is 6. The number of alkyl carbamates (subject to hydrolysis) is 1. The first-order valence-corrected chi connectivity index (χ1v) is 11.9. The minimum atomic E-state index is -3.74. The van der Waals surface area contributed by atoms with Gasteiger partial charge in [0.1, 0.15) is 5.60 Å². The standard InChI is InChI=1S/C23H28N4O4S/c1-15-6-8-19(9-7-15)32(29,30)27-12-16(2)20-10-18(11-24-21(20)27)26-13-17(14-26)25-22(28)31-23(3,4)5/h6-12,17H,13-14H2,1-5H3,(H,25,28). The molecule has 0 bridgehead atoms. The molecule has 9 heteroatoms. The van der Waals surface area contributed by atoms with E-state index in [1.165, 1.54) is 3.97 Å². The highest BCUT2D eigenvalue weighted by Gasteiger charge is 2.31. The molecule has 4 rings (SSSR count). The van der Waals surface area contributed by atoms with Gasteiger partial charge in [0.25, 0.3) is 10.0 Å². The lowest BCUT2D eigenvalue weighted by atomic mass is 10.1. The van der Waals surface area contributed by atoms with Gasteiger partial charge in [-0.05, 0) is 58.4 Å². The van der Waals surface area contributed by atoms with Crippen molar-refractivity contribution < 1.29 is 17.9 Å². The Morgan fingerprint density at radius 3 is 2.44 bits per heavy atom. The fraction of sp³-hybridized carbons (Fsp3) is 0.391. The summed E-state index contributed by atoms with van der Waals surface area (Å²) in [4.78, 5) is 18.7. The Morgan fingerprint density at radius 1 is 1.16 bits per heavy atom. The number of hydrogen-bond donors (Lipinski definition) is 1. The minimum absolute atomic E-state index is 0.00634. The molecule has 1 amide bonds. The molecule has 8 nitrogen and oxygen atoms in total. The molecule has 0 radical (unpaired) electrons. The Labute approximate surface area is 188 Å². The predicted molar refractivity (Wildman–Crippen MR) is 124 cm³/mol. The molecule has 2 aromatic heterocycles. The lowest BCUT2D eigenvalue weighted by molar-refractivity contribution is 0.0496. The zero-order valence-corrected chi connectivity index (χ0v) is 19.7. The first-order chi connectivity index (χ1) is 14.9. The van der Waals surface area contributed by atoms with Gasteiger partial charge in [0.2, 0.25) is 0 Å².